The minimum absolute atomic E-state index is 0.0805. The summed E-state index contributed by atoms with van der Waals surface area (Å²) < 4.78 is 0. The quantitative estimate of drug-likeness (QED) is 0.399. The molecule has 0 aliphatic carbocycles. The van der Waals surface area contributed by atoms with E-state index in [1.807, 2.05) is 13.8 Å². The van der Waals surface area contributed by atoms with Crippen molar-refractivity contribution in [3.8, 4) is 0 Å². The van der Waals surface area contributed by atoms with Gasteiger partial charge in [-0.15, -0.1) is 5.73 Å². The monoisotopic (exact) mass is 611 g/mol. The number of aromatic nitrogens is 3. The minimum Gasteiger partial charge on any atom is -0.378 e. The molecule has 2 N–H and O–H groups in total. The van der Waals surface area contributed by atoms with Crippen molar-refractivity contribution in [1.29, 1.82) is 0 Å². The molecule has 44 heavy (non-hydrogen) atoms. The van der Waals surface area contributed by atoms with E-state index in [0.717, 1.165) is 51.5 Å². The first-order chi connectivity index (χ1) is 19.9. The van der Waals surface area contributed by atoms with Crippen molar-refractivity contribution in [2.45, 2.75) is 187 Å². The van der Waals surface area contributed by atoms with Crippen LogP contribution in [-0.4, -0.2) is 77.5 Å². The van der Waals surface area contributed by atoms with Crippen LogP contribution < -0.4 is 16.0 Å². The van der Waals surface area contributed by atoms with E-state index in [-0.39, 0.29) is 39.4 Å². The molecule has 0 saturated carbocycles. The van der Waals surface area contributed by atoms with Gasteiger partial charge in [-0.2, -0.15) is 15.0 Å². The SMILES string of the molecule is CC(C)(C)CC(C)(C)Nc1nc2nc(n1)C1(O)C([N])CC(C)(C)N(CCCCC/C=N\C3CC(C)(C)N2C(C)(C)C3)C1(C)C. The molecular weight excluding hydrogens is 548 g/mol. The second kappa shape index (κ2) is 11.4. The van der Waals surface area contributed by atoms with E-state index in [1.54, 1.807) is 0 Å². The molecule has 4 aliphatic heterocycles. The number of fused-ring (bicyclic) bond motifs is 7. The van der Waals surface area contributed by atoms with Crippen LogP contribution in [0.1, 0.15) is 147 Å². The van der Waals surface area contributed by atoms with Gasteiger partial charge >= 0.3 is 0 Å². The molecule has 1 aromatic rings. The Hall–Kier alpha value is -1.84. The number of nitrogens with zero attached hydrogens (tertiary/aromatic N) is 7. The maximum Gasteiger partial charge on any atom is 0.231 e. The van der Waals surface area contributed by atoms with Gasteiger partial charge in [0.25, 0.3) is 0 Å². The summed E-state index contributed by atoms with van der Waals surface area (Å²) in [6, 6.07) is -0.843. The van der Waals surface area contributed by atoms with Crippen LogP contribution in [0.4, 0.5) is 11.9 Å². The fourth-order valence-corrected chi connectivity index (χ4v) is 9.25. The maximum atomic E-state index is 12.9. The van der Waals surface area contributed by atoms with E-state index in [4.69, 9.17) is 19.9 Å². The normalized spacial score (nSPS) is 31.3. The first-order valence-electron chi connectivity index (χ1n) is 17.0. The van der Waals surface area contributed by atoms with Crippen LogP contribution in [0.15, 0.2) is 4.99 Å². The third kappa shape index (κ3) is 6.80. The van der Waals surface area contributed by atoms with Gasteiger partial charge in [0.15, 0.2) is 11.4 Å². The highest BCUT2D eigenvalue weighted by Gasteiger charge is 2.63. The van der Waals surface area contributed by atoms with Crippen LogP contribution in [0.3, 0.4) is 0 Å². The van der Waals surface area contributed by atoms with Gasteiger partial charge in [-0.05, 0) is 132 Å². The highest BCUT2D eigenvalue weighted by molar-refractivity contribution is 5.57. The summed E-state index contributed by atoms with van der Waals surface area (Å²) in [5.74, 6) is 1.18. The zero-order valence-electron chi connectivity index (χ0n) is 30.2. The van der Waals surface area contributed by atoms with E-state index in [1.165, 1.54) is 0 Å². The number of hydrogen-bond donors (Lipinski definition) is 2. The van der Waals surface area contributed by atoms with Crippen molar-refractivity contribution < 1.29 is 5.11 Å². The molecule has 3 atom stereocenters. The molecule has 5 rings (SSSR count). The van der Waals surface area contributed by atoms with Gasteiger partial charge in [0.05, 0.1) is 17.6 Å². The number of aliphatic hydroxyl groups is 1. The van der Waals surface area contributed by atoms with E-state index in [0.29, 0.717) is 18.3 Å². The average molecular weight is 611 g/mol. The van der Waals surface area contributed by atoms with Gasteiger partial charge in [-0.3, -0.25) is 9.89 Å². The Morgan fingerprint density at radius 1 is 0.864 bits per heavy atom. The molecule has 2 saturated heterocycles. The largest absolute Gasteiger partial charge is 0.378 e. The summed E-state index contributed by atoms with van der Waals surface area (Å²) in [5.41, 5.74) is 8.09. The van der Waals surface area contributed by atoms with E-state index in [9.17, 15) is 10.8 Å². The van der Waals surface area contributed by atoms with Crippen LogP contribution >= 0.6 is 0 Å². The molecule has 0 spiro atoms. The Bertz CT molecular complexity index is 1200. The van der Waals surface area contributed by atoms with Gasteiger partial charge in [0.1, 0.15) is 0 Å². The number of piperidine rings is 2. The van der Waals surface area contributed by atoms with Crippen molar-refractivity contribution in [2.75, 3.05) is 16.8 Å². The summed E-state index contributed by atoms with van der Waals surface area (Å²) in [4.78, 5) is 25.0. The molecule has 0 aromatic carbocycles. The lowest BCUT2D eigenvalue weighted by molar-refractivity contribution is -0.192. The van der Waals surface area contributed by atoms with E-state index in [2.05, 4.69) is 97.5 Å². The Balaban J connectivity index is 1.97. The van der Waals surface area contributed by atoms with Crippen LogP contribution in [0.5, 0.6) is 0 Å². The third-order valence-corrected chi connectivity index (χ3v) is 10.3. The predicted octanol–water partition coefficient (Wildman–Crippen LogP) is 6.56. The Morgan fingerprint density at radius 3 is 2.07 bits per heavy atom. The van der Waals surface area contributed by atoms with Crippen LogP contribution in [0.2, 0.25) is 0 Å². The van der Waals surface area contributed by atoms with Crippen LogP contribution in [0.25, 0.3) is 0 Å². The summed E-state index contributed by atoms with van der Waals surface area (Å²) in [5, 5.41) is 16.5. The van der Waals surface area contributed by atoms with Crippen molar-refractivity contribution in [3.63, 3.8) is 0 Å². The molecule has 2 fully saturated rings. The average Bonchev–Trinajstić information content (AvgIpc) is 2.79. The zero-order valence-corrected chi connectivity index (χ0v) is 30.2. The van der Waals surface area contributed by atoms with Crippen molar-refractivity contribution in [3.05, 3.63) is 5.82 Å². The molecular formula is C35H62N8O. The topological polar surface area (TPSA) is 112 Å². The van der Waals surface area contributed by atoms with Crippen molar-refractivity contribution in [2.24, 2.45) is 10.4 Å². The number of hydrogen-bond acceptors (Lipinski definition) is 8. The van der Waals surface area contributed by atoms with Gasteiger partial charge in [0, 0.05) is 22.2 Å². The number of nitrogens with one attached hydrogen (secondary N) is 1. The molecule has 6 bridgehead atoms. The van der Waals surface area contributed by atoms with Gasteiger partial charge in [0.2, 0.25) is 11.9 Å². The van der Waals surface area contributed by atoms with Gasteiger partial charge in [-0.1, -0.05) is 27.2 Å². The number of aliphatic imine (C=N–C) groups is 1. The molecule has 9 heteroatoms. The first-order valence-corrected chi connectivity index (χ1v) is 17.0. The molecule has 2 radical (unpaired) electrons. The Morgan fingerprint density at radius 2 is 1.48 bits per heavy atom. The van der Waals surface area contributed by atoms with E-state index < -0.39 is 17.2 Å². The second-order valence-corrected chi connectivity index (χ2v) is 18.2. The molecule has 4 aliphatic rings. The fraction of sp³-hybridized carbons (Fsp3) is 0.886. The predicted molar refractivity (Wildman–Crippen MR) is 182 cm³/mol. The van der Waals surface area contributed by atoms with Crippen LogP contribution in [-0.2, 0) is 5.60 Å². The molecule has 248 valence electrons. The Kier molecular flexibility index (Phi) is 9.11. The fourth-order valence-electron chi connectivity index (χ4n) is 9.25. The smallest absolute Gasteiger partial charge is 0.231 e. The minimum atomic E-state index is -1.73. The van der Waals surface area contributed by atoms with Crippen molar-refractivity contribution >= 4 is 18.1 Å². The highest BCUT2D eigenvalue weighted by Crippen LogP contribution is 2.50. The van der Waals surface area contributed by atoms with E-state index >= 15 is 0 Å². The van der Waals surface area contributed by atoms with Gasteiger partial charge in [-0.25, -0.2) is 0 Å². The summed E-state index contributed by atoms with van der Waals surface area (Å²) in [6.45, 7) is 29.2. The molecule has 5 heterocycles. The number of rotatable bonds is 3. The summed E-state index contributed by atoms with van der Waals surface area (Å²) in [7, 11) is 0. The Labute approximate surface area is 268 Å². The lowest BCUT2D eigenvalue weighted by atomic mass is 9.65. The lowest BCUT2D eigenvalue weighted by Crippen LogP contribution is -2.74. The van der Waals surface area contributed by atoms with Gasteiger partial charge < -0.3 is 15.3 Å². The third-order valence-electron chi connectivity index (χ3n) is 10.3. The molecule has 0 amide bonds. The molecule has 3 unspecified atom stereocenters. The number of anilines is 2. The highest BCUT2D eigenvalue weighted by atomic mass is 16.3. The first kappa shape index (κ1) is 35.0. The molecule has 1 aromatic heterocycles. The zero-order chi connectivity index (χ0) is 33.1. The standard InChI is InChI=1S/C35H62N8O/c1-29(2,3)23-30(4,5)41-27-38-26-35(44)25(36)22-31(6,7)42(34(35,12)13)19-17-15-14-16-18-37-24-20-32(8,9)43(28(39-26)40-27)33(10,11)21-24/h18,24-25,44H,14-17,19-23H2,1-13H3,(H,38,39,40,41)/b37-18-. The van der Waals surface area contributed by atoms with Crippen molar-refractivity contribution in [1.82, 2.24) is 25.6 Å². The lowest BCUT2D eigenvalue weighted by Gasteiger charge is -2.61. The summed E-state index contributed by atoms with van der Waals surface area (Å²) in [6.07, 6.45) is 9.32. The van der Waals surface area contributed by atoms with Crippen LogP contribution in [0, 0.1) is 5.41 Å². The molecule has 9 nitrogen and oxygen atoms in total. The second-order valence-electron chi connectivity index (χ2n) is 18.2. The summed E-state index contributed by atoms with van der Waals surface area (Å²) >= 11 is 0. The maximum absolute atomic E-state index is 12.9.